The van der Waals surface area contributed by atoms with Gasteiger partial charge in [-0.05, 0) is 37.8 Å². The highest BCUT2D eigenvalue weighted by molar-refractivity contribution is 5.94. The van der Waals surface area contributed by atoms with E-state index in [1.807, 2.05) is 0 Å². The van der Waals surface area contributed by atoms with E-state index in [-0.39, 0.29) is 25.3 Å². The molecule has 1 heterocycles. The van der Waals surface area contributed by atoms with Crippen LogP contribution in [0.4, 0.5) is 0 Å². The topological polar surface area (TPSA) is 221 Å². The Labute approximate surface area is 209 Å². The molecule has 0 radical (unpaired) electrons. The zero-order valence-corrected chi connectivity index (χ0v) is 20.0. The summed E-state index contributed by atoms with van der Waals surface area (Å²) in [5.74, 6) is -3.27. The summed E-state index contributed by atoms with van der Waals surface area (Å²) in [6.45, 7) is 0.205. The number of aliphatic carboxylic acids is 1. The number of hydrogen-bond acceptors (Lipinski definition) is 7. The van der Waals surface area contributed by atoms with Crippen LogP contribution in [0.5, 0.6) is 0 Å². The van der Waals surface area contributed by atoms with Crippen LogP contribution in [-0.2, 0) is 25.6 Å². The molecule has 13 nitrogen and oxygen atoms in total. The van der Waals surface area contributed by atoms with Crippen molar-refractivity contribution in [2.24, 2.45) is 16.5 Å². The van der Waals surface area contributed by atoms with Crippen LogP contribution in [0.25, 0.3) is 0 Å². The number of nitrogens with two attached hydrogens (primary N) is 2. The molecule has 1 aromatic carbocycles. The summed E-state index contributed by atoms with van der Waals surface area (Å²) in [6, 6.07) is 4.72. The Morgan fingerprint density at radius 2 is 1.69 bits per heavy atom. The Kier molecular flexibility index (Phi) is 11.6. The first-order valence-corrected chi connectivity index (χ1v) is 11.8. The van der Waals surface area contributed by atoms with Gasteiger partial charge in [0, 0.05) is 13.0 Å². The molecule has 13 heteroatoms. The van der Waals surface area contributed by atoms with Crippen molar-refractivity contribution in [2.75, 3.05) is 19.7 Å². The van der Waals surface area contributed by atoms with E-state index in [4.69, 9.17) is 11.5 Å². The van der Waals surface area contributed by atoms with Crippen molar-refractivity contribution in [3.63, 3.8) is 0 Å². The zero-order valence-electron chi connectivity index (χ0n) is 20.0. The molecule has 0 aromatic heterocycles. The van der Waals surface area contributed by atoms with Gasteiger partial charge in [0.2, 0.25) is 17.7 Å². The van der Waals surface area contributed by atoms with Gasteiger partial charge in [-0.15, -0.1) is 0 Å². The van der Waals surface area contributed by atoms with Crippen LogP contribution in [0.2, 0.25) is 0 Å². The minimum Gasteiger partial charge on any atom is -0.480 e. The molecule has 0 aliphatic carbocycles. The third-order valence-corrected chi connectivity index (χ3v) is 5.67. The first kappa shape index (κ1) is 28.5. The van der Waals surface area contributed by atoms with Crippen LogP contribution in [0, 0.1) is 0 Å². The summed E-state index contributed by atoms with van der Waals surface area (Å²) >= 11 is 0. The van der Waals surface area contributed by atoms with Gasteiger partial charge in [-0.2, -0.15) is 0 Å². The van der Waals surface area contributed by atoms with Crippen LogP contribution in [0.3, 0.4) is 0 Å². The standard InChI is InChI=1S/C23H35N7O6/c24-23(25)27-11-5-9-16(22(35)36)28-20(33)17(12-14-6-2-1-3-7-14)29-21(34)18(13-31)30-19(32)15-8-4-10-26-15/h1-3,6-7,15-18,26,31H,4-5,8-13H2,(H,28,33)(H,29,34)(H,30,32)(H,35,36)(H4,24,25,27). The fraction of sp³-hybridized carbons (Fsp3) is 0.522. The largest absolute Gasteiger partial charge is 0.480 e. The predicted octanol–water partition coefficient (Wildman–Crippen LogP) is -2.43. The smallest absolute Gasteiger partial charge is 0.326 e. The lowest BCUT2D eigenvalue weighted by Gasteiger charge is -2.24. The first-order chi connectivity index (χ1) is 17.2. The molecular formula is C23H35N7O6. The van der Waals surface area contributed by atoms with Gasteiger partial charge in [-0.25, -0.2) is 4.79 Å². The fourth-order valence-corrected chi connectivity index (χ4v) is 3.74. The molecule has 0 bridgehead atoms. The Morgan fingerprint density at radius 1 is 1.03 bits per heavy atom. The number of carbonyl (C=O) groups excluding carboxylic acids is 3. The number of carboxylic acid groups (broad SMARTS) is 1. The van der Waals surface area contributed by atoms with E-state index in [0.29, 0.717) is 19.4 Å². The second-order valence-corrected chi connectivity index (χ2v) is 8.49. The SMILES string of the molecule is NC(N)=NCCCC(NC(=O)C(Cc1ccccc1)NC(=O)C(CO)NC(=O)C1CCCN1)C(=O)O. The molecule has 0 saturated carbocycles. The van der Waals surface area contributed by atoms with Crippen molar-refractivity contribution in [2.45, 2.75) is 56.3 Å². The Morgan fingerprint density at radius 3 is 2.28 bits per heavy atom. The summed E-state index contributed by atoms with van der Waals surface area (Å²) in [4.78, 5) is 53.8. The van der Waals surface area contributed by atoms with Gasteiger partial charge in [0.05, 0.1) is 12.6 Å². The summed E-state index contributed by atoms with van der Waals surface area (Å²) in [7, 11) is 0. The molecular weight excluding hydrogens is 470 g/mol. The van der Waals surface area contributed by atoms with Gasteiger partial charge in [-0.1, -0.05) is 30.3 Å². The van der Waals surface area contributed by atoms with Crippen LogP contribution in [-0.4, -0.2) is 83.7 Å². The number of amides is 3. The van der Waals surface area contributed by atoms with Crippen molar-refractivity contribution in [3.05, 3.63) is 35.9 Å². The third-order valence-electron chi connectivity index (χ3n) is 5.67. The fourth-order valence-electron chi connectivity index (χ4n) is 3.74. The number of hydrogen-bond donors (Lipinski definition) is 8. The van der Waals surface area contributed by atoms with Crippen molar-refractivity contribution < 1.29 is 29.4 Å². The number of aliphatic imine (C=N–C) groups is 1. The molecule has 2 rings (SSSR count). The quantitative estimate of drug-likeness (QED) is 0.0763. The lowest BCUT2D eigenvalue weighted by Crippen LogP contribution is -2.58. The molecule has 4 unspecified atom stereocenters. The van der Waals surface area contributed by atoms with Crippen LogP contribution >= 0.6 is 0 Å². The monoisotopic (exact) mass is 505 g/mol. The number of carboxylic acids is 1. The molecule has 1 aromatic rings. The minimum atomic E-state index is -1.28. The van der Waals surface area contributed by atoms with E-state index in [1.165, 1.54) is 0 Å². The van der Waals surface area contributed by atoms with E-state index < -0.39 is 54.5 Å². The molecule has 1 aliphatic heterocycles. The summed E-state index contributed by atoms with van der Waals surface area (Å²) in [5.41, 5.74) is 11.2. The molecule has 1 saturated heterocycles. The van der Waals surface area contributed by atoms with Crippen molar-refractivity contribution in [1.82, 2.24) is 21.3 Å². The molecule has 4 atom stereocenters. The molecule has 1 fully saturated rings. The maximum Gasteiger partial charge on any atom is 0.326 e. The van der Waals surface area contributed by atoms with Gasteiger partial charge < -0.3 is 42.9 Å². The maximum atomic E-state index is 13.1. The molecule has 3 amide bonds. The van der Waals surface area contributed by atoms with Gasteiger partial charge in [0.1, 0.15) is 18.1 Å². The zero-order chi connectivity index (χ0) is 26.5. The number of benzene rings is 1. The van der Waals surface area contributed by atoms with E-state index in [9.17, 15) is 29.4 Å². The maximum absolute atomic E-state index is 13.1. The van der Waals surface area contributed by atoms with Crippen LogP contribution in [0.1, 0.15) is 31.2 Å². The van der Waals surface area contributed by atoms with Gasteiger partial charge in [0.15, 0.2) is 5.96 Å². The summed E-state index contributed by atoms with van der Waals surface area (Å²) in [5, 5.41) is 29.7. The number of nitrogens with one attached hydrogen (secondary N) is 4. The van der Waals surface area contributed by atoms with Gasteiger partial charge in [-0.3, -0.25) is 19.4 Å². The molecule has 10 N–H and O–H groups in total. The first-order valence-electron chi connectivity index (χ1n) is 11.8. The second kappa shape index (κ2) is 14.6. The number of carbonyl (C=O) groups is 4. The second-order valence-electron chi connectivity index (χ2n) is 8.49. The normalized spacial score (nSPS) is 17.3. The number of aliphatic hydroxyl groups is 1. The van der Waals surface area contributed by atoms with E-state index in [1.54, 1.807) is 30.3 Å². The van der Waals surface area contributed by atoms with E-state index >= 15 is 0 Å². The molecule has 36 heavy (non-hydrogen) atoms. The Balaban J connectivity index is 2.09. The lowest BCUT2D eigenvalue weighted by molar-refractivity contribution is -0.142. The Bertz CT molecular complexity index is 917. The lowest BCUT2D eigenvalue weighted by atomic mass is 10.0. The predicted molar refractivity (Wildman–Crippen MR) is 132 cm³/mol. The van der Waals surface area contributed by atoms with Gasteiger partial charge in [0.25, 0.3) is 0 Å². The molecule has 198 valence electrons. The van der Waals surface area contributed by atoms with Crippen molar-refractivity contribution >= 4 is 29.7 Å². The highest BCUT2D eigenvalue weighted by Gasteiger charge is 2.31. The van der Waals surface area contributed by atoms with Crippen LogP contribution in [0.15, 0.2) is 35.3 Å². The van der Waals surface area contributed by atoms with E-state index in [2.05, 4.69) is 26.3 Å². The molecule has 0 spiro atoms. The highest BCUT2D eigenvalue weighted by atomic mass is 16.4. The average Bonchev–Trinajstić information content (AvgIpc) is 3.39. The average molecular weight is 506 g/mol. The number of nitrogens with zero attached hydrogens (tertiary/aromatic N) is 1. The molecule has 1 aliphatic rings. The number of aliphatic hydroxyl groups excluding tert-OH is 1. The minimum absolute atomic E-state index is 0.0631. The third kappa shape index (κ3) is 9.50. The number of guanidine groups is 1. The Hall–Kier alpha value is -3.71. The van der Waals surface area contributed by atoms with Crippen LogP contribution < -0.4 is 32.7 Å². The van der Waals surface area contributed by atoms with Crippen molar-refractivity contribution in [3.8, 4) is 0 Å². The number of rotatable bonds is 14. The summed E-state index contributed by atoms with van der Waals surface area (Å²) < 4.78 is 0. The van der Waals surface area contributed by atoms with Gasteiger partial charge >= 0.3 is 5.97 Å². The highest BCUT2D eigenvalue weighted by Crippen LogP contribution is 2.07. The van der Waals surface area contributed by atoms with E-state index in [0.717, 1.165) is 12.0 Å². The summed E-state index contributed by atoms with van der Waals surface area (Å²) in [6.07, 6.45) is 1.87. The van der Waals surface area contributed by atoms with Crippen molar-refractivity contribution in [1.29, 1.82) is 0 Å².